The lowest BCUT2D eigenvalue weighted by Gasteiger charge is -2.26. The summed E-state index contributed by atoms with van der Waals surface area (Å²) in [6.07, 6.45) is 0. The molecule has 2 rings (SSSR count). The molecule has 12 heteroatoms. The second-order valence-electron chi connectivity index (χ2n) is 6.96. The Morgan fingerprint density at radius 2 is 1.94 bits per heavy atom. The van der Waals surface area contributed by atoms with E-state index in [1.807, 2.05) is 0 Å². The van der Waals surface area contributed by atoms with Gasteiger partial charge < -0.3 is 14.8 Å². The predicted molar refractivity (Wildman–Crippen MR) is 120 cm³/mol. The minimum atomic E-state index is -4.42. The van der Waals surface area contributed by atoms with Gasteiger partial charge in [0.1, 0.15) is 12.3 Å². The molecule has 1 amide bonds. The molecule has 0 radical (unpaired) electrons. The van der Waals surface area contributed by atoms with E-state index in [9.17, 15) is 23.3 Å². The lowest BCUT2D eigenvalue weighted by molar-refractivity contribution is -0.385. The smallest absolute Gasteiger partial charge is 0.273 e. The fraction of sp³-hybridized carbons (Fsp3) is 0.350. The Labute approximate surface area is 191 Å². The van der Waals surface area contributed by atoms with Crippen LogP contribution in [0.2, 0.25) is 5.02 Å². The van der Waals surface area contributed by atoms with E-state index in [2.05, 4.69) is 5.32 Å². The molecule has 0 heterocycles. The van der Waals surface area contributed by atoms with Crippen LogP contribution in [0.3, 0.4) is 0 Å². The number of anilines is 1. The minimum absolute atomic E-state index is 0.0118. The van der Waals surface area contributed by atoms with E-state index < -0.39 is 27.4 Å². The van der Waals surface area contributed by atoms with Gasteiger partial charge in [-0.2, -0.15) is 0 Å². The summed E-state index contributed by atoms with van der Waals surface area (Å²) in [6.45, 7) is 2.80. The summed E-state index contributed by atoms with van der Waals surface area (Å²) < 4.78 is 38.1. The molecule has 1 N–H and O–H groups in total. The maximum Gasteiger partial charge on any atom is 0.273 e. The highest BCUT2D eigenvalue weighted by molar-refractivity contribution is 7.92. The SMILES string of the molecule is COC[C@@H](C)NC(=O)CN(c1cc(Cl)ccc1OC)S(=O)(=O)c1ccc(C)c([N+](=O)[O-])c1. The maximum absolute atomic E-state index is 13.5. The normalized spacial score (nSPS) is 12.2. The average Bonchev–Trinajstić information content (AvgIpc) is 2.72. The van der Waals surface area contributed by atoms with Gasteiger partial charge in [-0.15, -0.1) is 0 Å². The first-order valence-corrected chi connectivity index (χ1v) is 11.2. The number of aryl methyl sites for hydroxylation is 1. The molecule has 0 unspecified atom stereocenters. The average molecular weight is 486 g/mol. The van der Waals surface area contributed by atoms with Crippen LogP contribution in [-0.2, 0) is 19.6 Å². The third-order valence-electron chi connectivity index (χ3n) is 4.49. The molecular weight excluding hydrogens is 462 g/mol. The monoisotopic (exact) mass is 485 g/mol. The number of nitro groups is 1. The summed E-state index contributed by atoms with van der Waals surface area (Å²) in [4.78, 5) is 23.0. The molecule has 10 nitrogen and oxygen atoms in total. The minimum Gasteiger partial charge on any atom is -0.495 e. The van der Waals surface area contributed by atoms with Gasteiger partial charge in [-0.1, -0.05) is 17.7 Å². The van der Waals surface area contributed by atoms with E-state index in [0.717, 1.165) is 10.4 Å². The zero-order valence-corrected chi connectivity index (χ0v) is 19.6. The van der Waals surface area contributed by atoms with Crippen LogP contribution in [0, 0.1) is 17.0 Å². The Hall–Kier alpha value is -2.89. The summed E-state index contributed by atoms with van der Waals surface area (Å²) >= 11 is 6.08. The topological polar surface area (TPSA) is 128 Å². The number of nitro benzene ring substituents is 1. The van der Waals surface area contributed by atoms with Crippen molar-refractivity contribution < 1.29 is 27.6 Å². The zero-order chi connectivity index (χ0) is 24.1. The molecule has 32 heavy (non-hydrogen) atoms. The van der Waals surface area contributed by atoms with Gasteiger partial charge in [-0.3, -0.25) is 19.2 Å². The first kappa shape index (κ1) is 25.4. The third-order valence-corrected chi connectivity index (χ3v) is 6.48. The van der Waals surface area contributed by atoms with Crippen molar-refractivity contribution in [3.05, 3.63) is 57.1 Å². The number of hydrogen-bond donors (Lipinski definition) is 1. The van der Waals surface area contributed by atoms with Crippen molar-refractivity contribution in [1.29, 1.82) is 0 Å². The number of carbonyl (C=O) groups is 1. The van der Waals surface area contributed by atoms with Crippen molar-refractivity contribution in [1.82, 2.24) is 5.32 Å². The molecular formula is C20H24ClN3O7S. The molecule has 0 spiro atoms. The number of hydrogen-bond acceptors (Lipinski definition) is 7. The largest absolute Gasteiger partial charge is 0.495 e. The van der Waals surface area contributed by atoms with Gasteiger partial charge in [0.05, 0.1) is 29.2 Å². The third kappa shape index (κ3) is 5.87. The molecule has 0 aliphatic rings. The van der Waals surface area contributed by atoms with Crippen molar-refractivity contribution in [2.45, 2.75) is 24.8 Å². The van der Waals surface area contributed by atoms with E-state index in [-0.39, 0.29) is 39.7 Å². The number of rotatable bonds is 10. The van der Waals surface area contributed by atoms with Crippen molar-refractivity contribution in [2.75, 3.05) is 31.7 Å². The van der Waals surface area contributed by atoms with Crippen LogP contribution in [0.1, 0.15) is 12.5 Å². The lowest BCUT2D eigenvalue weighted by atomic mass is 10.2. The summed E-state index contributed by atoms with van der Waals surface area (Å²) in [7, 11) is -1.61. The number of carbonyl (C=O) groups excluding carboxylic acids is 1. The van der Waals surface area contributed by atoms with Crippen LogP contribution in [0.15, 0.2) is 41.3 Å². The summed E-state index contributed by atoms with van der Waals surface area (Å²) in [5, 5.41) is 14.2. The van der Waals surface area contributed by atoms with Crippen LogP contribution in [0.25, 0.3) is 0 Å². The first-order chi connectivity index (χ1) is 15.0. The molecule has 1 atom stereocenters. The molecule has 0 fully saturated rings. The van der Waals surface area contributed by atoms with Crippen molar-refractivity contribution >= 4 is 38.9 Å². The summed E-state index contributed by atoms with van der Waals surface area (Å²) in [5.74, 6) is -0.459. The number of benzene rings is 2. The number of ether oxygens (including phenoxy) is 2. The Morgan fingerprint density at radius 1 is 1.25 bits per heavy atom. The van der Waals surface area contributed by atoms with Gasteiger partial charge in [0.2, 0.25) is 5.91 Å². The van der Waals surface area contributed by atoms with Crippen molar-refractivity contribution in [3.63, 3.8) is 0 Å². The Morgan fingerprint density at radius 3 is 2.53 bits per heavy atom. The zero-order valence-electron chi connectivity index (χ0n) is 18.0. The molecule has 0 aromatic heterocycles. The van der Waals surface area contributed by atoms with Gasteiger partial charge >= 0.3 is 0 Å². The van der Waals surface area contributed by atoms with Crippen LogP contribution in [-0.4, -0.2) is 52.7 Å². The first-order valence-electron chi connectivity index (χ1n) is 9.40. The Bertz CT molecular complexity index is 1110. The highest BCUT2D eigenvalue weighted by atomic mass is 35.5. The van der Waals surface area contributed by atoms with Crippen LogP contribution in [0.4, 0.5) is 11.4 Å². The number of halogens is 1. The second kappa shape index (κ2) is 10.6. The molecule has 0 aliphatic carbocycles. The highest BCUT2D eigenvalue weighted by Crippen LogP contribution is 2.35. The molecule has 0 saturated heterocycles. The van der Waals surface area contributed by atoms with E-state index >= 15 is 0 Å². The van der Waals surface area contributed by atoms with Crippen LogP contribution in [0.5, 0.6) is 5.75 Å². The van der Waals surface area contributed by atoms with E-state index in [4.69, 9.17) is 21.1 Å². The molecule has 0 aliphatic heterocycles. The quantitative estimate of drug-likeness (QED) is 0.404. The fourth-order valence-electron chi connectivity index (χ4n) is 2.97. The lowest BCUT2D eigenvalue weighted by Crippen LogP contribution is -2.44. The van der Waals surface area contributed by atoms with Crippen LogP contribution >= 0.6 is 11.6 Å². The number of nitrogens with zero attached hydrogens (tertiary/aromatic N) is 2. The van der Waals surface area contributed by atoms with Gasteiger partial charge in [-0.25, -0.2) is 8.42 Å². The molecule has 2 aromatic carbocycles. The summed E-state index contributed by atoms with van der Waals surface area (Å²) in [5.41, 5.74) is -0.0491. The Kier molecular flexibility index (Phi) is 8.42. The standard InChI is InChI=1S/C20H24ClN3O7S/c1-13-5-7-16(10-17(13)24(26)27)32(28,29)23(11-20(25)22-14(2)12-30-3)18-9-15(21)6-8-19(18)31-4/h5-10,14H,11-12H2,1-4H3,(H,22,25)/t14-/m1/s1. The number of nitrogens with one attached hydrogen (secondary N) is 1. The predicted octanol–water partition coefficient (Wildman–Crippen LogP) is 2.91. The highest BCUT2D eigenvalue weighted by Gasteiger charge is 2.31. The van der Waals surface area contributed by atoms with Gasteiger partial charge in [0.25, 0.3) is 15.7 Å². The van der Waals surface area contributed by atoms with Gasteiger partial charge in [0.15, 0.2) is 0 Å². The number of sulfonamides is 1. The van der Waals surface area contributed by atoms with Crippen molar-refractivity contribution in [2.24, 2.45) is 0 Å². The summed E-state index contributed by atoms with van der Waals surface area (Å²) in [6, 6.07) is 7.47. The van der Waals surface area contributed by atoms with E-state index in [1.165, 1.54) is 51.5 Å². The van der Waals surface area contributed by atoms with E-state index in [1.54, 1.807) is 6.92 Å². The fourth-order valence-corrected chi connectivity index (χ4v) is 4.58. The molecule has 174 valence electrons. The Balaban J connectivity index is 2.60. The maximum atomic E-state index is 13.5. The van der Waals surface area contributed by atoms with Gasteiger partial charge in [0, 0.05) is 29.8 Å². The second-order valence-corrected chi connectivity index (χ2v) is 9.26. The van der Waals surface area contributed by atoms with Crippen molar-refractivity contribution in [3.8, 4) is 5.75 Å². The number of amides is 1. The van der Waals surface area contributed by atoms with E-state index in [0.29, 0.717) is 5.56 Å². The molecule has 0 bridgehead atoms. The molecule has 2 aromatic rings. The van der Waals surface area contributed by atoms with Gasteiger partial charge in [-0.05, 0) is 38.1 Å². The molecule has 0 saturated carbocycles. The number of methoxy groups -OCH3 is 2. The van der Waals surface area contributed by atoms with Crippen LogP contribution < -0.4 is 14.4 Å².